The van der Waals surface area contributed by atoms with E-state index in [0.717, 1.165) is 28.5 Å². The summed E-state index contributed by atoms with van der Waals surface area (Å²) < 4.78 is 6.26. The van der Waals surface area contributed by atoms with Crippen LogP contribution in [0.1, 0.15) is 18.1 Å². The van der Waals surface area contributed by atoms with Crippen molar-refractivity contribution in [2.24, 2.45) is 0 Å². The van der Waals surface area contributed by atoms with Crippen molar-refractivity contribution in [2.45, 2.75) is 19.8 Å². The van der Waals surface area contributed by atoms with Crippen LogP contribution in [0.25, 0.3) is 0 Å². The maximum absolute atomic E-state index is 10.4. The number of aldehydes is 1. The standard InChI is InChI=1S/C11H13BrO2/c1-3-8-7-11(14-2)9(4-5-13)6-10(8)12/h5-7H,3-4H2,1-2H3. The van der Waals surface area contributed by atoms with E-state index >= 15 is 0 Å². The predicted octanol–water partition coefficient (Wildman–Crippen LogP) is 2.76. The molecule has 0 aliphatic heterocycles. The van der Waals surface area contributed by atoms with Crippen LogP contribution in [-0.4, -0.2) is 13.4 Å². The Hall–Kier alpha value is -0.830. The molecule has 0 fully saturated rings. The van der Waals surface area contributed by atoms with E-state index in [9.17, 15) is 4.79 Å². The van der Waals surface area contributed by atoms with Gasteiger partial charge in [0, 0.05) is 16.5 Å². The Morgan fingerprint density at radius 3 is 2.64 bits per heavy atom. The van der Waals surface area contributed by atoms with Gasteiger partial charge >= 0.3 is 0 Å². The first-order valence-electron chi connectivity index (χ1n) is 4.51. The molecule has 0 aromatic heterocycles. The van der Waals surface area contributed by atoms with Crippen molar-refractivity contribution in [3.05, 3.63) is 27.7 Å². The van der Waals surface area contributed by atoms with Gasteiger partial charge in [-0.1, -0.05) is 22.9 Å². The van der Waals surface area contributed by atoms with Crippen LogP contribution < -0.4 is 4.74 Å². The number of methoxy groups -OCH3 is 1. The fourth-order valence-corrected chi connectivity index (χ4v) is 2.02. The third kappa shape index (κ3) is 2.35. The third-order valence-electron chi connectivity index (χ3n) is 2.13. The summed E-state index contributed by atoms with van der Waals surface area (Å²) in [6.07, 6.45) is 2.22. The summed E-state index contributed by atoms with van der Waals surface area (Å²) in [5, 5.41) is 0. The van der Waals surface area contributed by atoms with Crippen LogP contribution in [0.4, 0.5) is 0 Å². The number of rotatable bonds is 4. The summed E-state index contributed by atoms with van der Waals surface area (Å²) in [4.78, 5) is 10.4. The number of carbonyl (C=O) groups excluding carboxylic acids is 1. The van der Waals surface area contributed by atoms with Crippen LogP contribution in [0, 0.1) is 0 Å². The molecule has 3 heteroatoms. The van der Waals surface area contributed by atoms with Gasteiger partial charge in [0.05, 0.1) is 7.11 Å². The average Bonchev–Trinajstić information content (AvgIpc) is 2.19. The van der Waals surface area contributed by atoms with Crippen LogP contribution in [0.3, 0.4) is 0 Å². The number of hydrogen-bond donors (Lipinski definition) is 0. The minimum Gasteiger partial charge on any atom is -0.496 e. The van der Waals surface area contributed by atoms with E-state index in [1.54, 1.807) is 7.11 Å². The van der Waals surface area contributed by atoms with Crippen molar-refractivity contribution in [1.29, 1.82) is 0 Å². The molecule has 0 N–H and O–H groups in total. The second-order valence-corrected chi connectivity index (χ2v) is 3.83. The lowest BCUT2D eigenvalue weighted by Gasteiger charge is -2.10. The molecule has 0 atom stereocenters. The van der Waals surface area contributed by atoms with Gasteiger partial charge in [0.25, 0.3) is 0 Å². The molecule has 0 radical (unpaired) electrons. The Labute approximate surface area is 92.4 Å². The minimum atomic E-state index is 0.395. The highest BCUT2D eigenvalue weighted by molar-refractivity contribution is 9.10. The normalized spacial score (nSPS) is 9.93. The summed E-state index contributed by atoms with van der Waals surface area (Å²) in [5.74, 6) is 0.789. The van der Waals surface area contributed by atoms with Crippen molar-refractivity contribution < 1.29 is 9.53 Å². The monoisotopic (exact) mass is 256 g/mol. The molecule has 0 saturated heterocycles. The smallest absolute Gasteiger partial charge is 0.124 e. The lowest BCUT2D eigenvalue weighted by atomic mass is 10.1. The number of carbonyl (C=O) groups is 1. The first kappa shape index (κ1) is 11.2. The van der Waals surface area contributed by atoms with Crippen LogP contribution >= 0.6 is 15.9 Å². The topological polar surface area (TPSA) is 26.3 Å². The second-order valence-electron chi connectivity index (χ2n) is 2.98. The minimum absolute atomic E-state index is 0.395. The summed E-state index contributed by atoms with van der Waals surface area (Å²) in [6.45, 7) is 2.08. The SMILES string of the molecule is CCc1cc(OC)c(CC=O)cc1Br. The quantitative estimate of drug-likeness (QED) is 0.775. The van der Waals surface area contributed by atoms with Crippen LogP contribution in [-0.2, 0) is 17.6 Å². The third-order valence-corrected chi connectivity index (χ3v) is 2.87. The van der Waals surface area contributed by atoms with E-state index in [4.69, 9.17) is 4.74 Å². The van der Waals surface area contributed by atoms with Gasteiger partial charge in [0.2, 0.25) is 0 Å². The molecule has 0 aliphatic rings. The number of hydrogen-bond acceptors (Lipinski definition) is 2. The zero-order chi connectivity index (χ0) is 10.6. The molecule has 76 valence electrons. The van der Waals surface area contributed by atoms with Crippen molar-refractivity contribution in [2.75, 3.05) is 7.11 Å². The van der Waals surface area contributed by atoms with Gasteiger partial charge in [-0.05, 0) is 24.1 Å². The molecule has 14 heavy (non-hydrogen) atoms. The van der Waals surface area contributed by atoms with Crippen LogP contribution in [0.2, 0.25) is 0 Å². The Morgan fingerprint density at radius 1 is 1.43 bits per heavy atom. The van der Waals surface area contributed by atoms with Gasteiger partial charge in [-0.2, -0.15) is 0 Å². The van der Waals surface area contributed by atoms with E-state index in [1.807, 2.05) is 12.1 Å². The molecule has 0 heterocycles. The maximum atomic E-state index is 10.4. The van der Waals surface area contributed by atoms with Gasteiger partial charge in [0.15, 0.2) is 0 Å². The highest BCUT2D eigenvalue weighted by Crippen LogP contribution is 2.27. The van der Waals surface area contributed by atoms with Crippen molar-refractivity contribution >= 4 is 22.2 Å². The Balaban J connectivity index is 3.16. The Bertz CT molecular complexity index is 334. The van der Waals surface area contributed by atoms with Gasteiger partial charge < -0.3 is 9.53 Å². The molecular weight excluding hydrogens is 244 g/mol. The van der Waals surface area contributed by atoms with E-state index in [2.05, 4.69) is 22.9 Å². The first-order valence-corrected chi connectivity index (χ1v) is 5.31. The molecule has 1 rings (SSSR count). The maximum Gasteiger partial charge on any atom is 0.124 e. The zero-order valence-corrected chi connectivity index (χ0v) is 9.93. The lowest BCUT2D eigenvalue weighted by Crippen LogP contribution is -1.96. The van der Waals surface area contributed by atoms with Gasteiger partial charge in [0.1, 0.15) is 12.0 Å². The van der Waals surface area contributed by atoms with E-state index in [-0.39, 0.29) is 0 Å². The fourth-order valence-electron chi connectivity index (χ4n) is 1.35. The first-order chi connectivity index (χ1) is 6.72. The van der Waals surface area contributed by atoms with Gasteiger partial charge in [-0.25, -0.2) is 0 Å². The molecule has 0 saturated carbocycles. The molecule has 2 nitrogen and oxygen atoms in total. The van der Waals surface area contributed by atoms with E-state index in [0.29, 0.717) is 6.42 Å². The molecule has 1 aromatic carbocycles. The van der Waals surface area contributed by atoms with Crippen LogP contribution in [0.15, 0.2) is 16.6 Å². The highest BCUT2D eigenvalue weighted by Gasteiger charge is 2.07. The lowest BCUT2D eigenvalue weighted by molar-refractivity contribution is -0.107. The van der Waals surface area contributed by atoms with Gasteiger partial charge in [-0.15, -0.1) is 0 Å². The molecule has 0 aliphatic carbocycles. The van der Waals surface area contributed by atoms with Gasteiger partial charge in [-0.3, -0.25) is 0 Å². The van der Waals surface area contributed by atoms with E-state index in [1.165, 1.54) is 5.56 Å². The largest absolute Gasteiger partial charge is 0.496 e. The number of halogens is 1. The molecule has 0 amide bonds. The highest BCUT2D eigenvalue weighted by atomic mass is 79.9. The number of benzene rings is 1. The molecule has 0 unspecified atom stereocenters. The summed E-state index contributed by atoms with van der Waals surface area (Å²) in [7, 11) is 1.62. The summed E-state index contributed by atoms with van der Waals surface area (Å²) >= 11 is 3.47. The molecule has 1 aromatic rings. The number of ether oxygens (including phenoxy) is 1. The average molecular weight is 257 g/mol. The van der Waals surface area contributed by atoms with Crippen molar-refractivity contribution in [3.63, 3.8) is 0 Å². The van der Waals surface area contributed by atoms with Crippen molar-refractivity contribution in [3.8, 4) is 5.75 Å². The Morgan fingerprint density at radius 2 is 2.14 bits per heavy atom. The van der Waals surface area contributed by atoms with Crippen molar-refractivity contribution in [1.82, 2.24) is 0 Å². The second kappa shape index (κ2) is 5.15. The summed E-state index contributed by atoms with van der Waals surface area (Å²) in [5.41, 5.74) is 2.11. The predicted molar refractivity (Wildman–Crippen MR) is 59.8 cm³/mol. The number of aryl methyl sites for hydroxylation is 1. The molecule has 0 bridgehead atoms. The fraction of sp³-hybridized carbons (Fsp3) is 0.364. The van der Waals surface area contributed by atoms with E-state index < -0.39 is 0 Å². The molecular formula is C11H13BrO2. The summed E-state index contributed by atoms with van der Waals surface area (Å²) in [6, 6.07) is 3.93. The molecule has 0 spiro atoms. The Kier molecular flexibility index (Phi) is 4.14. The zero-order valence-electron chi connectivity index (χ0n) is 8.34. The van der Waals surface area contributed by atoms with Crippen LogP contribution in [0.5, 0.6) is 5.75 Å².